The van der Waals surface area contributed by atoms with Gasteiger partial charge in [-0.15, -0.1) is 0 Å². The molecule has 1 N–H and O–H groups in total. The van der Waals surface area contributed by atoms with Crippen LogP contribution in [0, 0.1) is 11.7 Å². The van der Waals surface area contributed by atoms with Crippen molar-refractivity contribution in [2.45, 2.75) is 38.8 Å². The Hall–Kier alpha value is -1.00. The fourth-order valence-corrected chi connectivity index (χ4v) is 3.03. The highest BCUT2D eigenvalue weighted by molar-refractivity contribution is 5.09. The second-order valence-corrected chi connectivity index (χ2v) is 5.72. The molecule has 3 atom stereocenters. The highest BCUT2D eigenvalue weighted by Gasteiger charge is 2.26. The molecule has 4 heteroatoms. The summed E-state index contributed by atoms with van der Waals surface area (Å²) in [7, 11) is 1.94. The van der Waals surface area contributed by atoms with Crippen molar-refractivity contribution in [1.82, 2.24) is 15.2 Å². The summed E-state index contributed by atoms with van der Waals surface area (Å²) in [5, 5.41) is 3.28. The van der Waals surface area contributed by atoms with Crippen molar-refractivity contribution in [1.29, 1.82) is 0 Å². The van der Waals surface area contributed by atoms with Crippen LogP contribution in [0.1, 0.15) is 38.4 Å². The summed E-state index contributed by atoms with van der Waals surface area (Å²) < 4.78 is 12.9. The first-order valence-corrected chi connectivity index (χ1v) is 7.13. The second-order valence-electron chi connectivity index (χ2n) is 5.72. The molecule has 1 aliphatic heterocycles. The predicted molar refractivity (Wildman–Crippen MR) is 75.4 cm³/mol. The van der Waals surface area contributed by atoms with Gasteiger partial charge in [-0.25, -0.2) is 4.39 Å². The molecule has 1 aromatic rings. The standard InChI is InChI=1S/C15H24FN3/c1-11-8-12(2)19(10-11)7-6-14(17-3)15-5-4-13(16)9-18-15/h4-5,9,11-12,14,17H,6-8,10H2,1-3H3. The molecule has 2 rings (SSSR count). The molecule has 0 saturated carbocycles. The summed E-state index contributed by atoms with van der Waals surface area (Å²) in [6.07, 6.45) is 3.59. The minimum absolute atomic E-state index is 0.198. The van der Waals surface area contributed by atoms with Crippen LogP contribution in [0.4, 0.5) is 4.39 Å². The van der Waals surface area contributed by atoms with Crippen LogP contribution >= 0.6 is 0 Å². The van der Waals surface area contributed by atoms with Gasteiger partial charge in [-0.1, -0.05) is 6.92 Å². The lowest BCUT2D eigenvalue weighted by atomic mass is 10.1. The third-order valence-corrected chi connectivity index (χ3v) is 4.07. The Morgan fingerprint density at radius 1 is 1.47 bits per heavy atom. The summed E-state index contributed by atoms with van der Waals surface area (Å²) in [5.41, 5.74) is 0.920. The first kappa shape index (κ1) is 14.4. The highest BCUT2D eigenvalue weighted by Crippen LogP contribution is 2.24. The molecule has 1 aromatic heterocycles. The normalized spacial score (nSPS) is 25.7. The molecule has 3 nitrogen and oxygen atoms in total. The largest absolute Gasteiger partial charge is 0.312 e. The molecular formula is C15H24FN3. The van der Waals surface area contributed by atoms with Gasteiger partial charge in [-0.05, 0) is 44.9 Å². The zero-order valence-electron chi connectivity index (χ0n) is 12.1. The molecule has 106 valence electrons. The lowest BCUT2D eigenvalue weighted by Crippen LogP contribution is -2.31. The van der Waals surface area contributed by atoms with Gasteiger partial charge in [0.15, 0.2) is 0 Å². The van der Waals surface area contributed by atoms with E-state index in [0.717, 1.165) is 24.6 Å². The van der Waals surface area contributed by atoms with Crippen LogP contribution < -0.4 is 5.32 Å². The van der Waals surface area contributed by atoms with Crippen LogP contribution in [0.2, 0.25) is 0 Å². The zero-order valence-corrected chi connectivity index (χ0v) is 12.1. The smallest absolute Gasteiger partial charge is 0.141 e. The number of aromatic nitrogens is 1. The number of hydrogen-bond donors (Lipinski definition) is 1. The Labute approximate surface area is 115 Å². The van der Waals surface area contributed by atoms with Crippen LogP contribution in [0.25, 0.3) is 0 Å². The summed E-state index contributed by atoms with van der Waals surface area (Å²) in [6, 6.07) is 4.12. The molecule has 3 unspecified atom stereocenters. The number of likely N-dealkylation sites (tertiary alicyclic amines) is 1. The fraction of sp³-hybridized carbons (Fsp3) is 0.667. The molecule has 1 fully saturated rings. The molecule has 0 aliphatic carbocycles. The van der Waals surface area contributed by atoms with E-state index in [1.54, 1.807) is 6.07 Å². The molecule has 0 spiro atoms. The minimum Gasteiger partial charge on any atom is -0.312 e. The minimum atomic E-state index is -0.277. The Kier molecular flexibility index (Phi) is 4.88. The maximum absolute atomic E-state index is 12.9. The number of pyridine rings is 1. The quantitative estimate of drug-likeness (QED) is 0.887. The van der Waals surface area contributed by atoms with Crippen molar-refractivity contribution < 1.29 is 4.39 Å². The van der Waals surface area contributed by atoms with Crippen LogP contribution in [0.5, 0.6) is 0 Å². The first-order valence-electron chi connectivity index (χ1n) is 7.13. The molecule has 0 aromatic carbocycles. The van der Waals surface area contributed by atoms with Crippen molar-refractivity contribution in [3.63, 3.8) is 0 Å². The predicted octanol–water partition coefficient (Wildman–Crippen LogP) is 2.60. The van der Waals surface area contributed by atoms with E-state index in [1.165, 1.54) is 25.2 Å². The van der Waals surface area contributed by atoms with E-state index in [2.05, 4.69) is 29.0 Å². The Morgan fingerprint density at radius 2 is 2.26 bits per heavy atom. The van der Waals surface area contributed by atoms with Crippen LogP contribution in [-0.2, 0) is 0 Å². The summed E-state index contributed by atoms with van der Waals surface area (Å²) in [5.74, 6) is 0.521. The van der Waals surface area contributed by atoms with E-state index in [1.807, 2.05) is 7.05 Å². The van der Waals surface area contributed by atoms with Gasteiger partial charge in [0.05, 0.1) is 17.9 Å². The lowest BCUT2D eigenvalue weighted by molar-refractivity contribution is 0.249. The van der Waals surface area contributed by atoms with E-state index in [0.29, 0.717) is 6.04 Å². The molecule has 19 heavy (non-hydrogen) atoms. The van der Waals surface area contributed by atoms with E-state index >= 15 is 0 Å². The third-order valence-electron chi connectivity index (χ3n) is 4.07. The van der Waals surface area contributed by atoms with Crippen LogP contribution in [-0.4, -0.2) is 36.1 Å². The fourth-order valence-electron chi connectivity index (χ4n) is 3.03. The molecule has 1 saturated heterocycles. The van der Waals surface area contributed by atoms with Gasteiger partial charge < -0.3 is 10.2 Å². The van der Waals surface area contributed by atoms with E-state index in [4.69, 9.17) is 0 Å². The van der Waals surface area contributed by atoms with Gasteiger partial charge in [-0.3, -0.25) is 4.98 Å². The van der Waals surface area contributed by atoms with Crippen molar-refractivity contribution in [3.8, 4) is 0 Å². The van der Waals surface area contributed by atoms with Gasteiger partial charge in [0, 0.05) is 19.1 Å². The Balaban J connectivity index is 1.91. The third kappa shape index (κ3) is 3.74. The van der Waals surface area contributed by atoms with E-state index < -0.39 is 0 Å². The summed E-state index contributed by atoms with van der Waals surface area (Å²) >= 11 is 0. The molecule has 1 aliphatic rings. The lowest BCUT2D eigenvalue weighted by Gasteiger charge is -2.24. The first-order chi connectivity index (χ1) is 9.10. The van der Waals surface area contributed by atoms with E-state index in [-0.39, 0.29) is 11.9 Å². The van der Waals surface area contributed by atoms with Gasteiger partial charge in [0.25, 0.3) is 0 Å². The van der Waals surface area contributed by atoms with Crippen molar-refractivity contribution in [2.24, 2.45) is 5.92 Å². The number of nitrogens with one attached hydrogen (secondary N) is 1. The van der Waals surface area contributed by atoms with Gasteiger partial charge in [-0.2, -0.15) is 0 Å². The van der Waals surface area contributed by atoms with Crippen LogP contribution in [0.3, 0.4) is 0 Å². The monoisotopic (exact) mass is 265 g/mol. The Bertz CT molecular complexity index is 393. The average Bonchev–Trinajstić information content (AvgIpc) is 2.71. The maximum Gasteiger partial charge on any atom is 0.141 e. The van der Waals surface area contributed by atoms with E-state index in [9.17, 15) is 4.39 Å². The van der Waals surface area contributed by atoms with Gasteiger partial charge in [0.1, 0.15) is 5.82 Å². The molecule has 0 amide bonds. The Morgan fingerprint density at radius 3 is 2.79 bits per heavy atom. The number of nitrogens with zero attached hydrogens (tertiary/aromatic N) is 2. The molecular weight excluding hydrogens is 241 g/mol. The summed E-state index contributed by atoms with van der Waals surface area (Å²) in [6.45, 7) is 6.87. The molecule has 0 radical (unpaired) electrons. The van der Waals surface area contributed by atoms with Crippen molar-refractivity contribution >= 4 is 0 Å². The number of hydrogen-bond acceptors (Lipinski definition) is 3. The van der Waals surface area contributed by atoms with Crippen molar-refractivity contribution in [3.05, 3.63) is 29.8 Å². The van der Waals surface area contributed by atoms with Gasteiger partial charge in [0.2, 0.25) is 0 Å². The topological polar surface area (TPSA) is 28.2 Å². The molecule has 2 heterocycles. The van der Waals surface area contributed by atoms with Crippen LogP contribution in [0.15, 0.2) is 18.3 Å². The average molecular weight is 265 g/mol. The van der Waals surface area contributed by atoms with Gasteiger partial charge >= 0.3 is 0 Å². The SMILES string of the molecule is CNC(CCN1CC(C)CC1C)c1ccc(F)cn1. The number of rotatable bonds is 5. The highest BCUT2D eigenvalue weighted by atomic mass is 19.1. The summed E-state index contributed by atoms with van der Waals surface area (Å²) in [4.78, 5) is 6.71. The van der Waals surface area contributed by atoms with Crippen molar-refractivity contribution in [2.75, 3.05) is 20.1 Å². The zero-order chi connectivity index (χ0) is 13.8. The molecule has 0 bridgehead atoms. The number of halogens is 1. The maximum atomic E-state index is 12.9. The second kappa shape index (κ2) is 6.44.